The molecule has 2 rings (SSSR count). The zero-order valence-corrected chi connectivity index (χ0v) is 12.8. The molecule has 1 aromatic carbocycles. The Balaban J connectivity index is 1.52. The number of hydrogen-bond donors (Lipinski definition) is 0. The number of carbonyl (C=O) groups excluding carboxylic acids is 1. The maximum Gasteiger partial charge on any atom is 0.509 e. The summed E-state index contributed by atoms with van der Waals surface area (Å²) in [7, 11) is 0. The van der Waals surface area contributed by atoms with Crippen LogP contribution in [0.2, 0.25) is 0 Å². The van der Waals surface area contributed by atoms with Gasteiger partial charge in [-0.05, 0) is 31.2 Å². The SMILES string of the molecule is O=C1OCCC[C@H](C#CCCCCOCc2ccccc2)O1. The predicted octanol–water partition coefficient (Wildman–Crippen LogP) is 3.69. The molecule has 1 atom stereocenters. The van der Waals surface area contributed by atoms with Crippen molar-refractivity contribution in [2.24, 2.45) is 0 Å². The fraction of sp³-hybridized carbons (Fsp3) is 0.500. The molecule has 1 aliphatic rings. The normalized spacial score (nSPS) is 17.6. The zero-order valence-electron chi connectivity index (χ0n) is 12.8. The first kappa shape index (κ1) is 16.4. The van der Waals surface area contributed by atoms with Crippen molar-refractivity contribution in [1.82, 2.24) is 0 Å². The van der Waals surface area contributed by atoms with Gasteiger partial charge in [-0.15, -0.1) is 0 Å². The van der Waals surface area contributed by atoms with Gasteiger partial charge in [-0.1, -0.05) is 42.2 Å². The molecule has 118 valence electrons. The average molecular weight is 302 g/mol. The highest BCUT2D eigenvalue weighted by molar-refractivity contribution is 5.60. The standard InChI is InChI=1S/C18H22O4/c19-18-21-14-8-12-17(22-18)11-6-1-2-7-13-20-15-16-9-4-3-5-10-16/h3-5,9-10,17H,1-2,7-8,12-15H2/t17-/m0/s1. The first-order valence-corrected chi connectivity index (χ1v) is 7.78. The van der Waals surface area contributed by atoms with E-state index < -0.39 is 6.16 Å². The highest BCUT2D eigenvalue weighted by Crippen LogP contribution is 2.09. The van der Waals surface area contributed by atoms with E-state index in [0.717, 1.165) is 38.7 Å². The molecule has 22 heavy (non-hydrogen) atoms. The van der Waals surface area contributed by atoms with E-state index in [0.29, 0.717) is 13.2 Å². The topological polar surface area (TPSA) is 44.8 Å². The molecule has 1 saturated heterocycles. The summed E-state index contributed by atoms with van der Waals surface area (Å²) in [6.07, 6.45) is 3.39. The molecule has 1 heterocycles. The molecular weight excluding hydrogens is 280 g/mol. The van der Waals surface area contributed by atoms with Gasteiger partial charge < -0.3 is 14.2 Å². The van der Waals surface area contributed by atoms with Crippen LogP contribution in [0.15, 0.2) is 30.3 Å². The highest BCUT2D eigenvalue weighted by atomic mass is 16.7. The predicted molar refractivity (Wildman–Crippen MR) is 83.2 cm³/mol. The first-order chi connectivity index (χ1) is 10.8. The fourth-order valence-corrected chi connectivity index (χ4v) is 2.10. The third kappa shape index (κ3) is 6.64. The van der Waals surface area contributed by atoms with E-state index in [9.17, 15) is 4.79 Å². The zero-order chi connectivity index (χ0) is 15.5. The quantitative estimate of drug-likeness (QED) is 0.457. The Labute approximate surface area is 131 Å². The van der Waals surface area contributed by atoms with E-state index in [4.69, 9.17) is 14.2 Å². The Morgan fingerprint density at radius 1 is 1.23 bits per heavy atom. The maximum atomic E-state index is 11.1. The first-order valence-electron chi connectivity index (χ1n) is 7.78. The number of cyclic esters (lactones) is 2. The number of rotatable bonds is 6. The van der Waals surface area contributed by atoms with Gasteiger partial charge in [0, 0.05) is 13.0 Å². The Morgan fingerprint density at radius 3 is 2.95 bits per heavy atom. The van der Waals surface area contributed by atoms with Crippen LogP contribution in [0, 0.1) is 11.8 Å². The molecule has 0 amide bonds. The average Bonchev–Trinajstić information content (AvgIpc) is 2.75. The monoisotopic (exact) mass is 302 g/mol. The van der Waals surface area contributed by atoms with Gasteiger partial charge in [0.05, 0.1) is 13.2 Å². The maximum absolute atomic E-state index is 11.1. The molecule has 4 heteroatoms. The summed E-state index contributed by atoms with van der Waals surface area (Å²) in [4.78, 5) is 11.1. The fourth-order valence-electron chi connectivity index (χ4n) is 2.10. The van der Waals surface area contributed by atoms with Gasteiger partial charge in [-0.25, -0.2) is 4.79 Å². The van der Waals surface area contributed by atoms with E-state index in [2.05, 4.69) is 24.0 Å². The number of benzene rings is 1. The summed E-state index contributed by atoms with van der Waals surface area (Å²) in [6.45, 7) is 1.82. The lowest BCUT2D eigenvalue weighted by atomic mass is 10.2. The molecule has 0 bridgehead atoms. The van der Waals surface area contributed by atoms with Crippen molar-refractivity contribution >= 4 is 6.16 Å². The van der Waals surface area contributed by atoms with Gasteiger partial charge in [-0.3, -0.25) is 0 Å². The van der Waals surface area contributed by atoms with E-state index in [-0.39, 0.29) is 6.10 Å². The lowest BCUT2D eigenvalue weighted by molar-refractivity contribution is 0.0585. The van der Waals surface area contributed by atoms with Crippen LogP contribution in [-0.2, 0) is 20.8 Å². The second-order valence-corrected chi connectivity index (χ2v) is 5.16. The molecule has 0 spiro atoms. The van der Waals surface area contributed by atoms with Gasteiger partial charge in [-0.2, -0.15) is 0 Å². The largest absolute Gasteiger partial charge is 0.509 e. The van der Waals surface area contributed by atoms with E-state index >= 15 is 0 Å². The van der Waals surface area contributed by atoms with Crippen LogP contribution in [0.5, 0.6) is 0 Å². The Kier molecular flexibility index (Phi) is 7.34. The van der Waals surface area contributed by atoms with Crippen LogP contribution in [0.25, 0.3) is 0 Å². The van der Waals surface area contributed by atoms with Crippen LogP contribution in [0.4, 0.5) is 4.79 Å². The smallest absolute Gasteiger partial charge is 0.434 e. The summed E-state index contributed by atoms with van der Waals surface area (Å²) >= 11 is 0. The summed E-state index contributed by atoms with van der Waals surface area (Å²) < 4.78 is 15.5. The second kappa shape index (κ2) is 9.86. The van der Waals surface area contributed by atoms with Crippen molar-refractivity contribution in [1.29, 1.82) is 0 Å². The van der Waals surface area contributed by atoms with Crippen LogP contribution in [0.3, 0.4) is 0 Å². The summed E-state index contributed by atoms with van der Waals surface area (Å²) in [5, 5.41) is 0. The Morgan fingerprint density at radius 2 is 2.09 bits per heavy atom. The van der Waals surface area contributed by atoms with Crippen LogP contribution >= 0.6 is 0 Å². The third-order valence-electron chi connectivity index (χ3n) is 3.28. The van der Waals surface area contributed by atoms with E-state index in [1.54, 1.807) is 0 Å². The molecule has 0 N–H and O–H groups in total. The van der Waals surface area contributed by atoms with Crippen LogP contribution < -0.4 is 0 Å². The molecule has 1 fully saturated rings. The van der Waals surface area contributed by atoms with E-state index in [1.165, 1.54) is 5.56 Å². The third-order valence-corrected chi connectivity index (χ3v) is 3.28. The lowest BCUT2D eigenvalue weighted by Crippen LogP contribution is -2.13. The van der Waals surface area contributed by atoms with Crippen molar-refractivity contribution in [2.75, 3.05) is 13.2 Å². The minimum absolute atomic E-state index is 0.315. The van der Waals surface area contributed by atoms with Crippen LogP contribution in [-0.4, -0.2) is 25.5 Å². The summed E-state index contributed by atoms with van der Waals surface area (Å²) in [6, 6.07) is 10.1. The Hall–Kier alpha value is -1.99. The van der Waals surface area contributed by atoms with Crippen molar-refractivity contribution in [3.63, 3.8) is 0 Å². The van der Waals surface area contributed by atoms with Gasteiger partial charge in [0.15, 0.2) is 6.10 Å². The number of ether oxygens (including phenoxy) is 3. The highest BCUT2D eigenvalue weighted by Gasteiger charge is 2.16. The minimum Gasteiger partial charge on any atom is -0.434 e. The molecule has 0 aromatic heterocycles. The van der Waals surface area contributed by atoms with Gasteiger partial charge in [0.25, 0.3) is 0 Å². The van der Waals surface area contributed by atoms with Crippen molar-refractivity contribution in [3.05, 3.63) is 35.9 Å². The number of hydrogen-bond acceptors (Lipinski definition) is 4. The molecule has 0 radical (unpaired) electrons. The molecule has 4 nitrogen and oxygen atoms in total. The van der Waals surface area contributed by atoms with Crippen molar-refractivity contribution < 1.29 is 19.0 Å². The summed E-state index contributed by atoms with van der Waals surface area (Å²) in [5.41, 5.74) is 1.19. The lowest BCUT2D eigenvalue weighted by Gasteiger charge is -2.05. The molecule has 0 saturated carbocycles. The molecule has 0 aliphatic carbocycles. The van der Waals surface area contributed by atoms with E-state index in [1.807, 2.05) is 18.2 Å². The van der Waals surface area contributed by atoms with Gasteiger partial charge in [0.2, 0.25) is 0 Å². The van der Waals surface area contributed by atoms with Gasteiger partial charge >= 0.3 is 6.16 Å². The van der Waals surface area contributed by atoms with Crippen LogP contribution in [0.1, 0.15) is 37.7 Å². The van der Waals surface area contributed by atoms with Gasteiger partial charge in [0.1, 0.15) is 0 Å². The minimum atomic E-state index is -0.605. The number of carbonyl (C=O) groups is 1. The molecule has 0 unspecified atom stereocenters. The molecule has 1 aliphatic heterocycles. The molecule has 1 aromatic rings. The van der Waals surface area contributed by atoms with Crippen molar-refractivity contribution in [2.45, 2.75) is 44.8 Å². The second-order valence-electron chi connectivity index (χ2n) is 5.16. The number of unbranched alkanes of at least 4 members (excludes halogenated alkanes) is 2. The summed E-state index contributed by atoms with van der Waals surface area (Å²) in [5.74, 6) is 6.07. The molecular formula is C18H22O4. The van der Waals surface area contributed by atoms with Crippen molar-refractivity contribution in [3.8, 4) is 11.8 Å². The Bertz CT molecular complexity index is 501.